The molecule has 2 aromatic rings. The van der Waals surface area contributed by atoms with Crippen LogP contribution in [0.4, 0.5) is 4.39 Å². The third kappa shape index (κ3) is 2.25. The molecule has 1 atom stereocenters. The number of hydrogen-bond acceptors (Lipinski definition) is 2. The van der Waals surface area contributed by atoms with E-state index in [4.69, 9.17) is 0 Å². The van der Waals surface area contributed by atoms with Gasteiger partial charge in [-0.15, -0.1) is 0 Å². The van der Waals surface area contributed by atoms with Crippen LogP contribution in [0.25, 0.3) is 0 Å². The average molecular weight is 217 g/mol. The van der Waals surface area contributed by atoms with Crippen LogP contribution < -0.4 is 0 Å². The third-order valence-electron chi connectivity index (χ3n) is 2.54. The second-order valence-corrected chi connectivity index (χ2v) is 3.56. The first kappa shape index (κ1) is 10.8. The van der Waals surface area contributed by atoms with Gasteiger partial charge in [0.25, 0.3) is 0 Å². The minimum atomic E-state index is -0.506. The fourth-order valence-corrected chi connectivity index (χ4v) is 1.68. The van der Waals surface area contributed by atoms with Gasteiger partial charge in [0, 0.05) is 12.1 Å². The van der Waals surface area contributed by atoms with Crippen molar-refractivity contribution in [3.8, 4) is 0 Å². The van der Waals surface area contributed by atoms with E-state index in [1.165, 1.54) is 12.3 Å². The van der Waals surface area contributed by atoms with Crippen LogP contribution in [0.3, 0.4) is 0 Å². The van der Waals surface area contributed by atoms with Gasteiger partial charge < -0.3 is 5.11 Å². The third-order valence-corrected chi connectivity index (χ3v) is 2.54. The zero-order chi connectivity index (χ0) is 11.4. The number of aliphatic hydroxyl groups excluding tert-OH is 1. The Morgan fingerprint density at radius 3 is 2.38 bits per heavy atom. The predicted molar refractivity (Wildman–Crippen MR) is 59.6 cm³/mol. The van der Waals surface area contributed by atoms with Crippen LogP contribution in [0.2, 0.25) is 0 Å². The molecule has 82 valence electrons. The number of benzene rings is 1. The molecule has 0 fully saturated rings. The first-order chi connectivity index (χ1) is 7.81. The van der Waals surface area contributed by atoms with Crippen LogP contribution in [-0.4, -0.2) is 16.7 Å². The molecule has 0 radical (unpaired) electrons. The smallest absolute Gasteiger partial charge is 0.212 e. The monoisotopic (exact) mass is 217 g/mol. The molecule has 3 heteroatoms. The molecule has 1 aromatic heterocycles. The van der Waals surface area contributed by atoms with Crippen molar-refractivity contribution in [3.63, 3.8) is 0 Å². The molecule has 2 nitrogen and oxygen atoms in total. The van der Waals surface area contributed by atoms with E-state index in [1.54, 1.807) is 6.07 Å². The lowest BCUT2D eigenvalue weighted by Crippen LogP contribution is -2.06. The highest BCUT2D eigenvalue weighted by molar-refractivity contribution is 5.30. The van der Waals surface area contributed by atoms with Gasteiger partial charge in [-0.3, -0.25) is 0 Å². The Balaban J connectivity index is 2.33. The van der Waals surface area contributed by atoms with Gasteiger partial charge >= 0.3 is 0 Å². The molecular weight excluding hydrogens is 205 g/mol. The molecular formula is C13H12FNO. The molecule has 0 spiro atoms. The Hall–Kier alpha value is -1.74. The number of hydrogen-bond donors (Lipinski definition) is 1. The average Bonchev–Trinajstić information content (AvgIpc) is 2.34. The Morgan fingerprint density at radius 1 is 1.06 bits per heavy atom. The van der Waals surface area contributed by atoms with Crippen LogP contribution in [0.1, 0.15) is 17.0 Å². The maximum absolute atomic E-state index is 12.7. The zero-order valence-electron chi connectivity index (χ0n) is 8.68. The molecule has 1 heterocycles. The molecule has 0 aliphatic heterocycles. The van der Waals surface area contributed by atoms with Crippen molar-refractivity contribution in [1.29, 1.82) is 0 Å². The Morgan fingerprint density at radius 2 is 1.81 bits per heavy atom. The lowest BCUT2D eigenvalue weighted by molar-refractivity contribution is 0.280. The summed E-state index contributed by atoms with van der Waals surface area (Å²) in [5, 5.41) is 9.38. The summed E-state index contributed by atoms with van der Waals surface area (Å²) < 4.78 is 12.7. The zero-order valence-corrected chi connectivity index (χ0v) is 8.68. The normalized spacial score (nSPS) is 12.4. The standard InChI is InChI=1S/C13H12FNO/c14-13-7-6-11(8-15-13)12(9-16)10-4-2-1-3-5-10/h1-8,12,16H,9H2/t12-/m0/s1. The molecule has 1 aromatic carbocycles. The van der Waals surface area contributed by atoms with E-state index in [9.17, 15) is 9.50 Å². The van der Waals surface area contributed by atoms with Crippen molar-refractivity contribution in [1.82, 2.24) is 4.98 Å². The van der Waals surface area contributed by atoms with Crippen LogP contribution >= 0.6 is 0 Å². The molecule has 0 unspecified atom stereocenters. The second-order valence-electron chi connectivity index (χ2n) is 3.56. The first-order valence-corrected chi connectivity index (χ1v) is 5.08. The predicted octanol–water partition coefficient (Wildman–Crippen LogP) is 2.34. The van der Waals surface area contributed by atoms with Gasteiger partial charge in [-0.05, 0) is 17.2 Å². The van der Waals surface area contributed by atoms with Crippen LogP contribution in [0.5, 0.6) is 0 Å². The van der Waals surface area contributed by atoms with E-state index in [-0.39, 0.29) is 12.5 Å². The van der Waals surface area contributed by atoms with E-state index in [1.807, 2.05) is 30.3 Å². The lowest BCUT2D eigenvalue weighted by atomic mass is 9.93. The molecule has 0 saturated heterocycles. The van der Waals surface area contributed by atoms with Crippen molar-refractivity contribution in [2.24, 2.45) is 0 Å². The highest BCUT2D eigenvalue weighted by Crippen LogP contribution is 2.23. The van der Waals surface area contributed by atoms with Crippen molar-refractivity contribution in [3.05, 3.63) is 65.7 Å². The topological polar surface area (TPSA) is 33.1 Å². The number of pyridine rings is 1. The number of nitrogens with zero attached hydrogens (tertiary/aromatic N) is 1. The highest BCUT2D eigenvalue weighted by Gasteiger charge is 2.12. The number of aliphatic hydroxyl groups is 1. The summed E-state index contributed by atoms with van der Waals surface area (Å²) in [6, 6.07) is 12.6. The summed E-state index contributed by atoms with van der Waals surface area (Å²) in [4.78, 5) is 3.60. The van der Waals surface area contributed by atoms with E-state index >= 15 is 0 Å². The van der Waals surface area contributed by atoms with E-state index < -0.39 is 5.95 Å². The molecule has 16 heavy (non-hydrogen) atoms. The lowest BCUT2D eigenvalue weighted by Gasteiger charge is -2.14. The number of aromatic nitrogens is 1. The van der Waals surface area contributed by atoms with Crippen molar-refractivity contribution in [2.75, 3.05) is 6.61 Å². The molecule has 0 aliphatic rings. The summed E-state index contributed by atoms with van der Waals surface area (Å²) in [7, 11) is 0. The summed E-state index contributed by atoms with van der Waals surface area (Å²) in [6.07, 6.45) is 1.46. The summed E-state index contributed by atoms with van der Waals surface area (Å²) in [5.41, 5.74) is 1.81. The van der Waals surface area contributed by atoms with E-state index in [0.717, 1.165) is 11.1 Å². The fourth-order valence-electron chi connectivity index (χ4n) is 1.68. The highest BCUT2D eigenvalue weighted by atomic mass is 19.1. The number of halogens is 1. The van der Waals surface area contributed by atoms with Crippen molar-refractivity contribution >= 4 is 0 Å². The van der Waals surface area contributed by atoms with Gasteiger partial charge in [0.05, 0.1) is 6.61 Å². The molecule has 1 N–H and O–H groups in total. The van der Waals surface area contributed by atoms with Gasteiger partial charge in [-0.2, -0.15) is 4.39 Å². The maximum Gasteiger partial charge on any atom is 0.212 e. The largest absolute Gasteiger partial charge is 0.395 e. The number of rotatable bonds is 3. The summed E-state index contributed by atoms with van der Waals surface area (Å²) in [6.45, 7) is -0.0165. The fraction of sp³-hybridized carbons (Fsp3) is 0.154. The van der Waals surface area contributed by atoms with Crippen molar-refractivity contribution < 1.29 is 9.50 Å². The molecule has 2 rings (SSSR count). The van der Waals surface area contributed by atoms with E-state index in [2.05, 4.69) is 4.98 Å². The quantitative estimate of drug-likeness (QED) is 0.800. The van der Waals surface area contributed by atoms with Crippen LogP contribution in [0, 0.1) is 5.95 Å². The molecule has 0 bridgehead atoms. The van der Waals surface area contributed by atoms with Gasteiger partial charge in [-0.25, -0.2) is 4.98 Å². The summed E-state index contributed by atoms with van der Waals surface area (Å²) >= 11 is 0. The SMILES string of the molecule is OC[C@@H](c1ccccc1)c1ccc(F)nc1. The first-order valence-electron chi connectivity index (χ1n) is 5.08. The maximum atomic E-state index is 12.7. The van der Waals surface area contributed by atoms with Gasteiger partial charge in [0.2, 0.25) is 5.95 Å². The van der Waals surface area contributed by atoms with Crippen LogP contribution in [-0.2, 0) is 0 Å². The Labute approximate surface area is 93.4 Å². The minimum absolute atomic E-state index is 0.0165. The van der Waals surface area contributed by atoms with Crippen LogP contribution in [0.15, 0.2) is 48.7 Å². The van der Waals surface area contributed by atoms with Crippen molar-refractivity contribution in [2.45, 2.75) is 5.92 Å². The van der Waals surface area contributed by atoms with Gasteiger partial charge in [0.1, 0.15) is 0 Å². The van der Waals surface area contributed by atoms with E-state index in [0.29, 0.717) is 0 Å². The Kier molecular flexibility index (Phi) is 3.27. The molecule has 0 aliphatic carbocycles. The van der Waals surface area contributed by atoms with Gasteiger partial charge in [0.15, 0.2) is 0 Å². The molecule has 0 amide bonds. The minimum Gasteiger partial charge on any atom is -0.395 e. The second kappa shape index (κ2) is 4.86. The van der Waals surface area contributed by atoms with Gasteiger partial charge in [-0.1, -0.05) is 36.4 Å². The molecule has 0 saturated carbocycles. The summed E-state index contributed by atoms with van der Waals surface area (Å²) in [5.74, 6) is -0.650. The Bertz CT molecular complexity index is 441.